The Labute approximate surface area is 128 Å². The number of hydrogen-bond donors (Lipinski definition) is 1. The van der Waals surface area contributed by atoms with Gasteiger partial charge in [-0.25, -0.2) is 4.98 Å². The smallest absolute Gasteiger partial charge is 0.249 e. The lowest BCUT2D eigenvalue weighted by Crippen LogP contribution is -2.33. The van der Waals surface area contributed by atoms with Gasteiger partial charge in [-0.3, -0.25) is 4.79 Å². The van der Waals surface area contributed by atoms with Crippen LogP contribution in [0.2, 0.25) is 5.02 Å². The Morgan fingerprint density at radius 1 is 1.24 bits per heavy atom. The molecule has 1 aliphatic heterocycles. The van der Waals surface area contributed by atoms with Crippen molar-refractivity contribution >= 4 is 29.0 Å². The fraction of sp³-hybridized carbons (Fsp3) is 0.250. The Balaban J connectivity index is 1.73. The molecule has 1 unspecified atom stereocenters. The second-order valence-electron chi connectivity index (χ2n) is 5.12. The first-order valence-electron chi connectivity index (χ1n) is 6.90. The second-order valence-corrected chi connectivity index (χ2v) is 5.55. The van der Waals surface area contributed by atoms with Crippen molar-refractivity contribution in [2.45, 2.75) is 19.4 Å². The molecule has 1 N–H and O–H groups in total. The van der Waals surface area contributed by atoms with Gasteiger partial charge >= 0.3 is 0 Å². The maximum absolute atomic E-state index is 12.5. The van der Waals surface area contributed by atoms with Crippen LogP contribution in [-0.4, -0.2) is 23.5 Å². The molecule has 1 amide bonds. The van der Waals surface area contributed by atoms with Crippen molar-refractivity contribution < 1.29 is 4.79 Å². The number of amides is 1. The lowest BCUT2D eigenvalue weighted by atomic mass is 10.2. The number of hydrogen-bond acceptors (Lipinski definition) is 3. The van der Waals surface area contributed by atoms with Crippen LogP contribution in [0.15, 0.2) is 42.5 Å². The Kier molecular flexibility index (Phi) is 3.80. The third kappa shape index (κ3) is 3.00. The number of nitrogens with one attached hydrogen (secondary N) is 1. The zero-order valence-corrected chi connectivity index (χ0v) is 12.5. The van der Waals surface area contributed by atoms with Gasteiger partial charge < -0.3 is 10.2 Å². The number of aryl methyl sites for hydroxylation is 1. The third-order valence-corrected chi connectivity index (χ3v) is 3.81. The van der Waals surface area contributed by atoms with Gasteiger partial charge in [0.1, 0.15) is 11.9 Å². The number of halogens is 1. The van der Waals surface area contributed by atoms with Crippen molar-refractivity contribution in [1.29, 1.82) is 0 Å². The third-order valence-electron chi connectivity index (χ3n) is 3.55. The van der Waals surface area contributed by atoms with E-state index in [1.165, 1.54) is 0 Å². The minimum absolute atomic E-state index is 0.0700. The van der Waals surface area contributed by atoms with Gasteiger partial charge in [0.15, 0.2) is 0 Å². The molecule has 0 aliphatic carbocycles. The molecule has 3 rings (SSSR count). The summed E-state index contributed by atoms with van der Waals surface area (Å²) in [5.41, 5.74) is 1.81. The van der Waals surface area contributed by atoms with E-state index in [-0.39, 0.29) is 11.9 Å². The van der Waals surface area contributed by atoms with Crippen molar-refractivity contribution in [2.24, 2.45) is 0 Å². The van der Waals surface area contributed by atoms with Gasteiger partial charge in [-0.15, -0.1) is 0 Å². The number of carbonyl (C=O) groups is 1. The lowest BCUT2D eigenvalue weighted by molar-refractivity contribution is -0.117. The lowest BCUT2D eigenvalue weighted by Gasteiger charge is -2.17. The highest BCUT2D eigenvalue weighted by atomic mass is 35.5. The molecule has 1 fully saturated rings. The molecule has 2 heterocycles. The second kappa shape index (κ2) is 5.74. The van der Waals surface area contributed by atoms with E-state index in [1.54, 1.807) is 17.0 Å². The van der Waals surface area contributed by atoms with Gasteiger partial charge in [-0.1, -0.05) is 17.7 Å². The van der Waals surface area contributed by atoms with Crippen LogP contribution >= 0.6 is 11.6 Å². The Morgan fingerprint density at radius 2 is 2.00 bits per heavy atom. The van der Waals surface area contributed by atoms with E-state index >= 15 is 0 Å². The summed E-state index contributed by atoms with van der Waals surface area (Å²) < 4.78 is 0. The molecule has 108 valence electrons. The van der Waals surface area contributed by atoms with Crippen LogP contribution < -0.4 is 10.2 Å². The van der Waals surface area contributed by atoms with Crippen LogP contribution in [0.25, 0.3) is 0 Å². The maximum atomic E-state index is 12.5. The normalized spacial score (nSPS) is 18.1. The molecule has 2 aromatic rings. The summed E-state index contributed by atoms with van der Waals surface area (Å²) in [6, 6.07) is 12.9. The SMILES string of the molecule is Cc1cccc(NC2CCN(c3ccc(Cl)cc3)C2=O)n1. The van der Waals surface area contributed by atoms with E-state index in [9.17, 15) is 4.79 Å². The molecule has 21 heavy (non-hydrogen) atoms. The summed E-state index contributed by atoms with van der Waals surface area (Å²) in [6.07, 6.45) is 0.761. The van der Waals surface area contributed by atoms with E-state index < -0.39 is 0 Å². The highest BCUT2D eigenvalue weighted by molar-refractivity contribution is 6.30. The van der Waals surface area contributed by atoms with Gasteiger partial charge in [-0.05, 0) is 49.7 Å². The fourth-order valence-corrected chi connectivity index (χ4v) is 2.62. The highest BCUT2D eigenvalue weighted by Gasteiger charge is 2.32. The highest BCUT2D eigenvalue weighted by Crippen LogP contribution is 2.24. The molecule has 1 aliphatic rings. The number of benzene rings is 1. The average molecular weight is 302 g/mol. The maximum Gasteiger partial charge on any atom is 0.249 e. The van der Waals surface area contributed by atoms with Gasteiger partial charge in [0.25, 0.3) is 0 Å². The first-order valence-corrected chi connectivity index (χ1v) is 7.28. The van der Waals surface area contributed by atoms with Gasteiger partial charge in [0, 0.05) is 22.9 Å². The van der Waals surface area contributed by atoms with Crippen molar-refractivity contribution in [3.8, 4) is 0 Å². The van der Waals surface area contributed by atoms with Crippen LogP contribution in [0.1, 0.15) is 12.1 Å². The molecular weight excluding hydrogens is 286 g/mol. The van der Waals surface area contributed by atoms with Crippen molar-refractivity contribution in [3.63, 3.8) is 0 Å². The molecule has 5 heteroatoms. The van der Waals surface area contributed by atoms with E-state index in [1.807, 2.05) is 37.3 Å². The van der Waals surface area contributed by atoms with E-state index in [0.29, 0.717) is 11.6 Å². The van der Waals surface area contributed by atoms with Crippen LogP contribution in [0.5, 0.6) is 0 Å². The average Bonchev–Trinajstić information content (AvgIpc) is 2.81. The van der Waals surface area contributed by atoms with Gasteiger partial charge in [-0.2, -0.15) is 0 Å². The number of rotatable bonds is 3. The molecule has 0 radical (unpaired) electrons. The Morgan fingerprint density at radius 3 is 2.71 bits per heavy atom. The Bertz CT molecular complexity index is 657. The van der Waals surface area contributed by atoms with Crippen LogP contribution in [0.4, 0.5) is 11.5 Å². The fourth-order valence-electron chi connectivity index (χ4n) is 2.49. The zero-order chi connectivity index (χ0) is 14.8. The van der Waals surface area contributed by atoms with Gasteiger partial charge in [0.05, 0.1) is 0 Å². The van der Waals surface area contributed by atoms with Gasteiger partial charge in [0.2, 0.25) is 5.91 Å². The summed E-state index contributed by atoms with van der Waals surface area (Å²) in [5.74, 6) is 0.812. The molecule has 1 aromatic heterocycles. The number of aromatic nitrogens is 1. The molecule has 4 nitrogen and oxygen atoms in total. The molecule has 0 saturated carbocycles. The molecule has 0 bridgehead atoms. The van der Waals surface area contributed by atoms with E-state index in [0.717, 1.165) is 23.6 Å². The minimum atomic E-state index is -0.227. The van der Waals surface area contributed by atoms with Crippen LogP contribution in [-0.2, 0) is 4.79 Å². The molecular formula is C16H16ClN3O. The first-order chi connectivity index (χ1) is 10.1. The number of carbonyl (C=O) groups excluding carboxylic acids is 1. The predicted molar refractivity (Wildman–Crippen MR) is 84.8 cm³/mol. The monoisotopic (exact) mass is 301 g/mol. The predicted octanol–water partition coefficient (Wildman–Crippen LogP) is 3.26. The summed E-state index contributed by atoms with van der Waals surface area (Å²) in [6.45, 7) is 2.63. The van der Waals surface area contributed by atoms with Crippen LogP contribution in [0, 0.1) is 6.92 Å². The molecule has 1 saturated heterocycles. The number of nitrogens with zero attached hydrogens (tertiary/aromatic N) is 2. The van der Waals surface area contributed by atoms with Crippen molar-refractivity contribution in [3.05, 3.63) is 53.2 Å². The van der Waals surface area contributed by atoms with Crippen LogP contribution in [0.3, 0.4) is 0 Å². The largest absolute Gasteiger partial charge is 0.358 e. The summed E-state index contributed by atoms with van der Waals surface area (Å²) in [7, 11) is 0. The minimum Gasteiger partial charge on any atom is -0.358 e. The summed E-state index contributed by atoms with van der Waals surface area (Å²) in [5, 5.41) is 3.88. The van der Waals surface area contributed by atoms with Crippen molar-refractivity contribution in [2.75, 3.05) is 16.8 Å². The standard InChI is InChI=1S/C16H16ClN3O/c1-11-3-2-4-15(18-11)19-14-9-10-20(16(14)21)13-7-5-12(17)6-8-13/h2-8,14H,9-10H2,1H3,(H,18,19). The number of anilines is 2. The topological polar surface area (TPSA) is 45.2 Å². The van der Waals surface area contributed by atoms with E-state index in [2.05, 4.69) is 10.3 Å². The summed E-state index contributed by atoms with van der Waals surface area (Å²) in [4.78, 5) is 18.6. The first kappa shape index (κ1) is 13.9. The summed E-state index contributed by atoms with van der Waals surface area (Å²) >= 11 is 5.88. The molecule has 1 aromatic carbocycles. The zero-order valence-electron chi connectivity index (χ0n) is 11.7. The number of pyridine rings is 1. The Hall–Kier alpha value is -2.07. The quantitative estimate of drug-likeness (QED) is 0.946. The van der Waals surface area contributed by atoms with Crippen molar-refractivity contribution in [1.82, 2.24) is 4.98 Å². The van der Waals surface area contributed by atoms with E-state index in [4.69, 9.17) is 11.6 Å². The molecule has 0 spiro atoms. The molecule has 1 atom stereocenters.